The second kappa shape index (κ2) is 6.93. The van der Waals surface area contributed by atoms with Crippen LogP contribution in [-0.4, -0.2) is 0 Å². The van der Waals surface area contributed by atoms with E-state index in [1.54, 1.807) is 0 Å². The van der Waals surface area contributed by atoms with Crippen LogP contribution in [0.15, 0.2) is 6.07 Å². The Hall–Kier alpha value is -1.18. The Kier molecular flexibility index (Phi) is 4.95. The summed E-state index contributed by atoms with van der Waals surface area (Å²) in [6.07, 6.45) is 14.2. The minimum Gasteiger partial charge on any atom is -0.398 e. The Morgan fingerprint density at radius 3 is 2.14 bits per heavy atom. The predicted octanol–water partition coefficient (Wildman–Crippen LogP) is 5.51. The molecule has 2 aliphatic rings. The van der Waals surface area contributed by atoms with Crippen LogP contribution in [0.5, 0.6) is 0 Å². The highest BCUT2D eigenvalue weighted by atomic mass is 14.6. The van der Waals surface area contributed by atoms with Gasteiger partial charge in [-0.05, 0) is 67.6 Å². The van der Waals surface area contributed by atoms with Crippen molar-refractivity contribution in [1.82, 2.24) is 0 Å². The van der Waals surface area contributed by atoms with E-state index in [-0.39, 0.29) is 0 Å². The molecular formula is C20H32N2. The number of unbranched alkanes of at least 4 members (excludes halogenated alkanes) is 1. The van der Waals surface area contributed by atoms with Gasteiger partial charge in [-0.15, -0.1) is 0 Å². The van der Waals surface area contributed by atoms with Crippen LogP contribution in [0.3, 0.4) is 0 Å². The Balaban J connectivity index is 2.01. The Morgan fingerprint density at radius 1 is 0.955 bits per heavy atom. The van der Waals surface area contributed by atoms with Gasteiger partial charge in [0.1, 0.15) is 0 Å². The third kappa shape index (κ3) is 2.98. The summed E-state index contributed by atoms with van der Waals surface area (Å²) in [5.74, 6) is 1.31. The van der Waals surface area contributed by atoms with Gasteiger partial charge in [-0.2, -0.15) is 0 Å². The number of nitrogen functional groups attached to an aromatic ring is 2. The van der Waals surface area contributed by atoms with Crippen molar-refractivity contribution in [3.63, 3.8) is 0 Å². The first-order valence-corrected chi connectivity index (χ1v) is 9.43. The summed E-state index contributed by atoms with van der Waals surface area (Å²) >= 11 is 0. The van der Waals surface area contributed by atoms with Gasteiger partial charge < -0.3 is 11.5 Å². The van der Waals surface area contributed by atoms with Gasteiger partial charge in [0.2, 0.25) is 0 Å². The molecule has 1 aromatic rings. The van der Waals surface area contributed by atoms with E-state index in [2.05, 4.69) is 13.0 Å². The Bertz CT molecular complexity index is 509. The molecule has 0 aliphatic heterocycles. The molecule has 2 nitrogen and oxygen atoms in total. The van der Waals surface area contributed by atoms with Crippen molar-refractivity contribution < 1.29 is 0 Å². The van der Waals surface area contributed by atoms with E-state index in [1.807, 2.05) is 0 Å². The summed E-state index contributed by atoms with van der Waals surface area (Å²) in [6, 6.07) is 2.31. The van der Waals surface area contributed by atoms with Gasteiger partial charge in [-0.25, -0.2) is 0 Å². The number of rotatable bonds is 5. The maximum Gasteiger partial charge on any atom is 0.0405 e. The van der Waals surface area contributed by atoms with Crippen LogP contribution in [0.25, 0.3) is 0 Å². The van der Waals surface area contributed by atoms with Gasteiger partial charge in [-0.1, -0.05) is 39.0 Å². The molecule has 1 aromatic carbocycles. The molecule has 22 heavy (non-hydrogen) atoms. The normalized spacial score (nSPS) is 20.0. The first kappa shape index (κ1) is 15.7. The van der Waals surface area contributed by atoms with E-state index < -0.39 is 0 Å². The summed E-state index contributed by atoms with van der Waals surface area (Å²) < 4.78 is 0. The van der Waals surface area contributed by atoms with Crippen LogP contribution >= 0.6 is 0 Å². The van der Waals surface area contributed by atoms with Gasteiger partial charge >= 0.3 is 0 Å². The van der Waals surface area contributed by atoms with Crippen LogP contribution < -0.4 is 11.5 Å². The summed E-state index contributed by atoms with van der Waals surface area (Å²) in [6.45, 7) is 2.26. The zero-order valence-electron chi connectivity index (χ0n) is 14.2. The molecule has 4 N–H and O–H groups in total. The van der Waals surface area contributed by atoms with Crippen LogP contribution in [0.1, 0.15) is 99.7 Å². The predicted molar refractivity (Wildman–Crippen MR) is 96.3 cm³/mol. The molecule has 0 aromatic heterocycles. The second-order valence-electron chi connectivity index (χ2n) is 7.43. The molecule has 2 aliphatic carbocycles. The van der Waals surface area contributed by atoms with Crippen molar-refractivity contribution >= 4 is 11.4 Å². The van der Waals surface area contributed by atoms with Gasteiger partial charge in [0, 0.05) is 16.9 Å². The number of nitrogens with two attached hydrogens (primary N) is 2. The Labute approximate surface area is 135 Å². The third-order valence-electron chi connectivity index (χ3n) is 5.92. The van der Waals surface area contributed by atoms with Crippen molar-refractivity contribution in [3.05, 3.63) is 22.8 Å². The molecule has 0 spiro atoms. The number of anilines is 2. The lowest BCUT2D eigenvalue weighted by Crippen LogP contribution is -2.12. The lowest BCUT2D eigenvalue weighted by atomic mass is 9.83. The van der Waals surface area contributed by atoms with Crippen LogP contribution in [0.4, 0.5) is 11.4 Å². The van der Waals surface area contributed by atoms with Crippen LogP contribution in [0, 0.1) is 0 Å². The monoisotopic (exact) mass is 300 g/mol. The first-order chi connectivity index (χ1) is 10.7. The van der Waals surface area contributed by atoms with Crippen molar-refractivity contribution in [3.8, 4) is 0 Å². The van der Waals surface area contributed by atoms with Gasteiger partial charge in [0.05, 0.1) is 0 Å². The molecule has 0 radical (unpaired) electrons. The standard InChI is InChI=1S/C20H32N2/c1-2-3-12-16-17(14-8-4-5-9-14)13-18(21)19(20(16)22)15-10-6-7-11-15/h13-15H,2-12,21-22H2,1H3. The summed E-state index contributed by atoms with van der Waals surface area (Å²) in [7, 11) is 0. The Morgan fingerprint density at radius 2 is 1.55 bits per heavy atom. The second-order valence-corrected chi connectivity index (χ2v) is 7.43. The average molecular weight is 300 g/mol. The average Bonchev–Trinajstić information content (AvgIpc) is 3.19. The van der Waals surface area contributed by atoms with Crippen molar-refractivity contribution in [2.75, 3.05) is 11.5 Å². The fraction of sp³-hybridized carbons (Fsp3) is 0.700. The molecule has 2 saturated carbocycles. The van der Waals surface area contributed by atoms with Crippen LogP contribution in [0.2, 0.25) is 0 Å². The number of hydrogen-bond donors (Lipinski definition) is 2. The SMILES string of the molecule is CCCCc1c(C2CCCC2)cc(N)c(C2CCCC2)c1N. The third-order valence-corrected chi connectivity index (χ3v) is 5.92. The summed E-state index contributed by atoms with van der Waals surface area (Å²) in [4.78, 5) is 0. The lowest BCUT2D eigenvalue weighted by Gasteiger charge is -2.24. The lowest BCUT2D eigenvalue weighted by molar-refractivity contribution is 0.692. The largest absolute Gasteiger partial charge is 0.398 e. The molecule has 0 heterocycles. The fourth-order valence-electron chi connectivity index (χ4n) is 4.71. The first-order valence-electron chi connectivity index (χ1n) is 9.43. The fourth-order valence-corrected chi connectivity index (χ4v) is 4.71. The smallest absolute Gasteiger partial charge is 0.0405 e. The van der Waals surface area contributed by atoms with E-state index in [4.69, 9.17) is 11.5 Å². The maximum absolute atomic E-state index is 6.69. The molecular weight excluding hydrogens is 268 g/mol. The van der Waals surface area contributed by atoms with E-state index in [1.165, 1.54) is 80.9 Å². The summed E-state index contributed by atoms with van der Waals surface area (Å²) in [5, 5.41) is 0. The molecule has 3 rings (SSSR count). The summed E-state index contributed by atoms with van der Waals surface area (Å²) in [5.41, 5.74) is 19.5. The van der Waals surface area contributed by atoms with Crippen LogP contribution in [-0.2, 0) is 6.42 Å². The molecule has 2 heteroatoms. The van der Waals surface area contributed by atoms with E-state index in [0.29, 0.717) is 11.8 Å². The number of hydrogen-bond acceptors (Lipinski definition) is 2. The highest BCUT2D eigenvalue weighted by Crippen LogP contribution is 2.46. The minimum atomic E-state index is 0.609. The highest BCUT2D eigenvalue weighted by Gasteiger charge is 2.27. The zero-order chi connectivity index (χ0) is 15.5. The molecule has 0 atom stereocenters. The molecule has 0 unspecified atom stereocenters. The quantitative estimate of drug-likeness (QED) is 0.704. The molecule has 122 valence electrons. The van der Waals surface area contributed by atoms with Gasteiger partial charge in [-0.3, -0.25) is 0 Å². The molecule has 0 saturated heterocycles. The van der Waals surface area contributed by atoms with E-state index >= 15 is 0 Å². The molecule has 0 bridgehead atoms. The van der Waals surface area contributed by atoms with Crippen molar-refractivity contribution in [2.45, 2.75) is 89.4 Å². The maximum atomic E-state index is 6.69. The van der Waals surface area contributed by atoms with E-state index in [0.717, 1.165) is 17.8 Å². The van der Waals surface area contributed by atoms with E-state index in [9.17, 15) is 0 Å². The van der Waals surface area contributed by atoms with Gasteiger partial charge in [0.25, 0.3) is 0 Å². The molecule has 0 amide bonds. The van der Waals surface area contributed by atoms with Gasteiger partial charge in [0.15, 0.2) is 0 Å². The zero-order valence-corrected chi connectivity index (χ0v) is 14.2. The topological polar surface area (TPSA) is 52.0 Å². The highest BCUT2D eigenvalue weighted by molar-refractivity contribution is 5.70. The van der Waals surface area contributed by atoms with Crippen molar-refractivity contribution in [2.24, 2.45) is 0 Å². The minimum absolute atomic E-state index is 0.609. The van der Waals surface area contributed by atoms with Crippen molar-refractivity contribution in [1.29, 1.82) is 0 Å². The molecule has 2 fully saturated rings. The number of benzene rings is 1.